The first-order chi connectivity index (χ1) is 9.49. The first kappa shape index (κ1) is 13.9. The van der Waals surface area contributed by atoms with Gasteiger partial charge in [0.25, 0.3) is 0 Å². The van der Waals surface area contributed by atoms with E-state index in [9.17, 15) is 9.59 Å². The maximum atomic E-state index is 11.9. The highest BCUT2D eigenvalue weighted by Gasteiger charge is 2.14. The molecule has 2 rings (SSSR count). The van der Waals surface area contributed by atoms with E-state index in [0.717, 1.165) is 0 Å². The number of aliphatic carboxylic acids is 1. The fraction of sp³-hybridized carbons (Fsp3) is 0.417. The first-order valence-corrected chi connectivity index (χ1v) is 6.03. The van der Waals surface area contributed by atoms with Crippen LogP contribution in [0.25, 0.3) is 0 Å². The molecule has 0 aromatic carbocycles. The second-order valence-corrected chi connectivity index (χ2v) is 4.36. The van der Waals surface area contributed by atoms with E-state index >= 15 is 0 Å². The number of aromatic nitrogens is 4. The highest BCUT2D eigenvalue weighted by atomic mass is 16.5. The lowest BCUT2D eigenvalue weighted by Gasteiger charge is -2.13. The molecule has 0 saturated heterocycles. The van der Waals surface area contributed by atoms with Crippen LogP contribution in [0.1, 0.15) is 22.8 Å². The van der Waals surface area contributed by atoms with E-state index in [0.29, 0.717) is 35.7 Å². The average Bonchev–Trinajstić information content (AvgIpc) is 2.87. The highest BCUT2D eigenvalue weighted by molar-refractivity contribution is 5.70. The first-order valence-electron chi connectivity index (χ1n) is 6.03. The largest absolute Gasteiger partial charge is 0.481 e. The molecule has 0 bridgehead atoms. The second kappa shape index (κ2) is 5.64. The smallest absolute Gasteiger partial charge is 0.347 e. The maximum absolute atomic E-state index is 11.9. The highest BCUT2D eigenvalue weighted by Crippen LogP contribution is 2.10. The Balaban J connectivity index is 2.32. The number of hydrogen-bond acceptors (Lipinski definition) is 6. The van der Waals surface area contributed by atoms with E-state index < -0.39 is 11.7 Å². The van der Waals surface area contributed by atoms with Crippen molar-refractivity contribution in [1.29, 1.82) is 0 Å². The van der Waals surface area contributed by atoms with Crippen LogP contribution in [0.3, 0.4) is 0 Å². The van der Waals surface area contributed by atoms with Crippen molar-refractivity contribution in [3.05, 3.63) is 39.7 Å². The summed E-state index contributed by atoms with van der Waals surface area (Å²) in [6, 6.07) is 0. The van der Waals surface area contributed by atoms with Crippen molar-refractivity contribution in [2.24, 2.45) is 0 Å². The fourth-order valence-electron chi connectivity index (χ4n) is 2.02. The molecule has 8 heteroatoms. The van der Waals surface area contributed by atoms with Crippen molar-refractivity contribution >= 4 is 5.97 Å². The molecule has 0 unspecified atom stereocenters. The summed E-state index contributed by atoms with van der Waals surface area (Å²) in [5, 5.41) is 12.6. The number of carboxylic acid groups (broad SMARTS) is 1. The Bertz CT molecular complexity index is 676. The van der Waals surface area contributed by atoms with Gasteiger partial charge in [-0.15, -0.1) is 0 Å². The molecule has 106 valence electrons. The van der Waals surface area contributed by atoms with Gasteiger partial charge in [0.1, 0.15) is 0 Å². The van der Waals surface area contributed by atoms with E-state index in [1.807, 2.05) is 0 Å². The van der Waals surface area contributed by atoms with Gasteiger partial charge < -0.3 is 9.63 Å². The molecule has 0 fully saturated rings. The number of carboxylic acids is 1. The molecular weight excluding hydrogens is 264 g/mol. The van der Waals surface area contributed by atoms with Crippen LogP contribution >= 0.6 is 0 Å². The average molecular weight is 278 g/mol. The predicted octanol–water partition coefficient (Wildman–Crippen LogP) is 0.113. The van der Waals surface area contributed by atoms with Gasteiger partial charge in [-0.1, -0.05) is 5.16 Å². The van der Waals surface area contributed by atoms with Crippen LogP contribution in [-0.2, 0) is 24.2 Å². The summed E-state index contributed by atoms with van der Waals surface area (Å²) >= 11 is 0. The maximum Gasteiger partial charge on any atom is 0.347 e. The summed E-state index contributed by atoms with van der Waals surface area (Å²) in [7, 11) is 0. The zero-order valence-corrected chi connectivity index (χ0v) is 11.2. The summed E-state index contributed by atoms with van der Waals surface area (Å²) in [5.41, 5.74) is 1.21. The molecule has 20 heavy (non-hydrogen) atoms. The van der Waals surface area contributed by atoms with Crippen LogP contribution in [0.2, 0.25) is 0 Å². The molecule has 0 aliphatic heterocycles. The molecule has 8 nitrogen and oxygen atoms in total. The SMILES string of the molecule is Cc1nc(=O)n(CCc2ncon2)c(C)c1CC(=O)O. The van der Waals surface area contributed by atoms with Gasteiger partial charge in [0, 0.05) is 29.9 Å². The van der Waals surface area contributed by atoms with E-state index in [1.54, 1.807) is 13.8 Å². The minimum Gasteiger partial charge on any atom is -0.481 e. The number of hydrogen-bond donors (Lipinski definition) is 1. The van der Waals surface area contributed by atoms with Gasteiger partial charge in [0.15, 0.2) is 5.82 Å². The van der Waals surface area contributed by atoms with Crippen molar-refractivity contribution in [3.8, 4) is 0 Å². The molecule has 2 heterocycles. The van der Waals surface area contributed by atoms with Crippen molar-refractivity contribution in [2.75, 3.05) is 0 Å². The number of carbonyl (C=O) groups is 1. The molecule has 1 N–H and O–H groups in total. The van der Waals surface area contributed by atoms with E-state index in [-0.39, 0.29) is 6.42 Å². The van der Waals surface area contributed by atoms with Crippen LogP contribution in [0, 0.1) is 13.8 Å². The molecule has 0 saturated carbocycles. The molecule has 0 spiro atoms. The fourth-order valence-corrected chi connectivity index (χ4v) is 2.02. The third-order valence-corrected chi connectivity index (χ3v) is 3.07. The Kier molecular flexibility index (Phi) is 3.92. The van der Waals surface area contributed by atoms with Crippen LogP contribution in [-0.4, -0.2) is 30.8 Å². The molecule has 0 radical (unpaired) electrons. The number of nitrogens with zero attached hydrogens (tertiary/aromatic N) is 4. The van der Waals surface area contributed by atoms with Gasteiger partial charge in [-0.3, -0.25) is 9.36 Å². The third kappa shape index (κ3) is 2.90. The topological polar surface area (TPSA) is 111 Å². The number of rotatable bonds is 5. The van der Waals surface area contributed by atoms with E-state index in [1.165, 1.54) is 11.0 Å². The monoisotopic (exact) mass is 278 g/mol. The van der Waals surface area contributed by atoms with Crippen LogP contribution < -0.4 is 5.69 Å². The summed E-state index contributed by atoms with van der Waals surface area (Å²) in [4.78, 5) is 30.5. The Hall–Kier alpha value is -2.51. The third-order valence-electron chi connectivity index (χ3n) is 3.07. The van der Waals surface area contributed by atoms with Gasteiger partial charge in [-0.25, -0.2) is 4.79 Å². The van der Waals surface area contributed by atoms with Crippen molar-refractivity contribution in [3.63, 3.8) is 0 Å². The van der Waals surface area contributed by atoms with Crippen LogP contribution in [0.4, 0.5) is 0 Å². The van der Waals surface area contributed by atoms with Gasteiger partial charge in [-0.2, -0.15) is 9.97 Å². The standard InChI is InChI=1S/C12H14N4O4/c1-7-9(5-11(17)18)8(2)16(12(19)14-7)4-3-10-13-6-20-15-10/h6H,3-5H2,1-2H3,(H,17,18). The molecule has 2 aromatic heterocycles. The Morgan fingerprint density at radius 3 is 2.80 bits per heavy atom. The zero-order valence-electron chi connectivity index (χ0n) is 11.2. The quantitative estimate of drug-likeness (QED) is 0.826. The predicted molar refractivity (Wildman–Crippen MR) is 67.3 cm³/mol. The zero-order chi connectivity index (χ0) is 14.7. The lowest BCUT2D eigenvalue weighted by Crippen LogP contribution is -2.29. The lowest BCUT2D eigenvalue weighted by molar-refractivity contribution is -0.136. The molecule has 2 aromatic rings. The van der Waals surface area contributed by atoms with Gasteiger partial charge >= 0.3 is 11.7 Å². The molecule has 0 atom stereocenters. The second-order valence-electron chi connectivity index (χ2n) is 4.36. The van der Waals surface area contributed by atoms with Gasteiger partial charge in [-0.05, 0) is 13.8 Å². The number of aryl methyl sites for hydroxylation is 2. The van der Waals surface area contributed by atoms with Crippen molar-refractivity contribution in [1.82, 2.24) is 19.7 Å². The summed E-state index contributed by atoms with van der Waals surface area (Å²) < 4.78 is 6.05. The minimum absolute atomic E-state index is 0.160. The minimum atomic E-state index is -0.957. The Morgan fingerprint density at radius 2 is 2.20 bits per heavy atom. The van der Waals surface area contributed by atoms with Crippen LogP contribution in [0.5, 0.6) is 0 Å². The van der Waals surface area contributed by atoms with Crippen molar-refractivity contribution in [2.45, 2.75) is 33.2 Å². The Labute approximate surface area is 114 Å². The molecular formula is C12H14N4O4. The molecule has 0 aliphatic carbocycles. The van der Waals surface area contributed by atoms with Crippen molar-refractivity contribution < 1.29 is 14.4 Å². The van der Waals surface area contributed by atoms with Crippen LogP contribution in [0.15, 0.2) is 15.7 Å². The summed E-state index contributed by atoms with van der Waals surface area (Å²) in [6.07, 6.45) is 1.47. The Morgan fingerprint density at radius 1 is 1.45 bits per heavy atom. The van der Waals surface area contributed by atoms with Gasteiger partial charge in [0.2, 0.25) is 6.39 Å². The molecule has 0 aliphatic rings. The van der Waals surface area contributed by atoms with Gasteiger partial charge in [0.05, 0.1) is 6.42 Å². The summed E-state index contributed by atoms with van der Waals surface area (Å²) in [6.45, 7) is 3.67. The normalized spacial score (nSPS) is 10.7. The van der Waals surface area contributed by atoms with E-state index in [2.05, 4.69) is 19.6 Å². The summed E-state index contributed by atoms with van der Waals surface area (Å²) in [5.74, 6) is -0.474. The van der Waals surface area contributed by atoms with E-state index in [4.69, 9.17) is 5.11 Å². The lowest BCUT2D eigenvalue weighted by atomic mass is 10.1. The molecule has 0 amide bonds.